The van der Waals surface area contributed by atoms with Crippen molar-refractivity contribution >= 4 is 21.1 Å². The largest absolute Gasteiger partial charge is 0.481 e. The van der Waals surface area contributed by atoms with Crippen molar-refractivity contribution in [3.63, 3.8) is 0 Å². The molecule has 0 amide bonds. The van der Waals surface area contributed by atoms with Crippen LogP contribution in [0.1, 0.15) is 6.42 Å². The van der Waals surface area contributed by atoms with Gasteiger partial charge in [0, 0.05) is 0 Å². The van der Waals surface area contributed by atoms with Crippen LogP contribution in [0.3, 0.4) is 0 Å². The van der Waals surface area contributed by atoms with E-state index in [0.717, 1.165) is 0 Å². The van der Waals surface area contributed by atoms with Crippen molar-refractivity contribution in [3.8, 4) is 0 Å². The van der Waals surface area contributed by atoms with Gasteiger partial charge in [0.25, 0.3) is 15.1 Å². The molecule has 0 fully saturated rings. The summed E-state index contributed by atoms with van der Waals surface area (Å²) >= 11 is 0. The number of primary sulfonamides is 1. The van der Waals surface area contributed by atoms with Crippen molar-refractivity contribution in [2.75, 3.05) is 0 Å². The van der Waals surface area contributed by atoms with E-state index in [9.17, 15) is 18.0 Å². The van der Waals surface area contributed by atoms with E-state index in [-0.39, 0.29) is 0 Å². The lowest BCUT2D eigenvalue weighted by Gasteiger charge is -1.90. The molecule has 58 valence electrons. The van der Waals surface area contributed by atoms with Crippen LogP contribution in [0.4, 0.5) is 0 Å². The van der Waals surface area contributed by atoms with Gasteiger partial charge >= 0.3 is 5.97 Å². The Bertz CT molecular complexity index is 252. The predicted molar refractivity (Wildman–Crippen MR) is 30.4 cm³/mol. The van der Waals surface area contributed by atoms with Crippen LogP contribution in [0.25, 0.3) is 0 Å². The summed E-state index contributed by atoms with van der Waals surface area (Å²) in [5.41, 5.74) is 0. The zero-order valence-electron chi connectivity index (χ0n) is 4.77. The first-order valence-electron chi connectivity index (χ1n) is 2.11. The summed E-state index contributed by atoms with van der Waals surface area (Å²) in [6.07, 6.45) is -1.08. The summed E-state index contributed by atoms with van der Waals surface area (Å²) in [5, 5.41) is 10.7. The number of carbonyl (C=O) groups excluding carboxylic acids is 1. The van der Waals surface area contributed by atoms with E-state index >= 15 is 0 Å². The van der Waals surface area contributed by atoms with E-state index in [1.54, 1.807) is 0 Å². The number of aliphatic carboxylic acids is 1. The Morgan fingerprint density at radius 1 is 1.40 bits per heavy atom. The van der Waals surface area contributed by atoms with E-state index < -0.39 is 27.5 Å². The van der Waals surface area contributed by atoms with Crippen molar-refractivity contribution in [1.29, 1.82) is 0 Å². The quantitative estimate of drug-likeness (QED) is 0.474. The Balaban J connectivity index is 4.28. The monoisotopic (exact) mass is 167 g/mol. The molecule has 0 aliphatic heterocycles. The maximum absolute atomic E-state index is 10.2. The topological polar surface area (TPSA) is 115 Å². The maximum atomic E-state index is 10.2. The third-order valence-electron chi connectivity index (χ3n) is 0.613. The van der Waals surface area contributed by atoms with Crippen molar-refractivity contribution in [2.45, 2.75) is 6.42 Å². The zero-order valence-corrected chi connectivity index (χ0v) is 5.59. The van der Waals surface area contributed by atoms with E-state index in [1.807, 2.05) is 0 Å². The molecular weight excluding hydrogens is 162 g/mol. The molecule has 0 atom stereocenters. The Labute approximate surface area is 56.7 Å². The molecule has 10 heavy (non-hydrogen) atoms. The van der Waals surface area contributed by atoms with Gasteiger partial charge in [0.05, 0.1) is 0 Å². The highest BCUT2D eigenvalue weighted by Crippen LogP contribution is 1.87. The number of nitrogens with two attached hydrogens (primary N) is 1. The number of hydrogen-bond acceptors (Lipinski definition) is 4. The van der Waals surface area contributed by atoms with Crippen LogP contribution in [0.15, 0.2) is 0 Å². The fourth-order valence-corrected chi connectivity index (χ4v) is 0.549. The third kappa shape index (κ3) is 3.15. The van der Waals surface area contributed by atoms with Crippen molar-refractivity contribution in [3.05, 3.63) is 0 Å². The number of carbonyl (C=O) groups is 2. The molecule has 0 bridgehead atoms. The van der Waals surface area contributed by atoms with Gasteiger partial charge in [0.2, 0.25) is 0 Å². The van der Waals surface area contributed by atoms with Gasteiger partial charge in [-0.15, -0.1) is 0 Å². The first-order chi connectivity index (χ1) is 4.34. The fraction of sp³-hybridized carbons (Fsp3) is 0.333. The predicted octanol–water partition coefficient (Wildman–Crippen LogP) is -1.72. The highest BCUT2D eigenvalue weighted by molar-refractivity contribution is 8.04. The lowest BCUT2D eigenvalue weighted by Crippen LogP contribution is -2.25. The second kappa shape index (κ2) is 2.76. The van der Waals surface area contributed by atoms with E-state index in [0.29, 0.717) is 0 Å². The van der Waals surface area contributed by atoms with Crippen molar-refractivity contribution in [1.82, 2.24) is 0 Å². The minimum atomic E-state index is -4.32. The van der Waals surface area contributed by atoms with Crippen LogP contribution in [-0.4, -0.2) is 24.6 Å². The standard InChI is InChI=1S/C3H5NO5S/c4-10(8,9)3(7)1-2(5)6/h1H2,(H,5,6)(H2,4,8,9). The van der Waals surface area contributed by atoms with E-state index in [1.165, 1.54) is 0 Å². The summed E-state index contributed by atoms with van der Waals surface area (Å²) in [6.45, 7) is 0. The number of carboxylic acid groups (broad SMARTS) is 1. The highest BCUT2D eigenvalue weighted by atomic mass is 32.2. The zero-order chi connectivity index (χ0) is 8.36. The molecule has 0 spiro atoms. The SMILES string of the molecule is NS(=O)(=O)C(=O)CC(=O)O. The Morgan fingerprint density at radius 3 is 1.90 bits per heavy atom. The molecule has 0 aliphatic carbocycles. The Hall–Kier alpha value is -0.950. The van der Waals surface area contributed by atoms with Crippen LogP contribution in [0, 0.1) is 0 Å². The molecule has 0 aliphatic rings. The summed E-state index contributed by atoms with van der Waals surface area (Å²) in [4.78, 5) is 19.9. The normalized spacial score (nSPS) is 10.9. The minimum absolute atomic E-state index is 1.08. The second-order valence-electron chi connectivity index (χ2n) is 1.49. The summed E-state index contributed by atoms with van der Waals surface area (Å²) in [5.74, 6) is -1.51. The molecule has 3 N–H and O–H groups in total. The summed E-state index contributed by atoms with van der Waals surface area (Å²) < 4.78 is 20.1. The first kappa shape index (κ1) is 9.05. The van der Waals surface area contributed by atoms with Crippen LogP contribution >= 0.6 is 0 Å². The lowest BCUT2D eigenvalue weighted by molar-refractivity contribution is -0.138. The molecule has 0 saturated carbocycles. The number of carboxylic acids is 1. The molecular formula is C3H5NO5S. The number of rotatable bonds is 2. The van der Waals surface area contributed by atoms with Gasteiger partial charge in [-0.2, -0.15) is 0 Å². The van der Waals surface area contributed by atoms with Gasteiger partial charge in [-0.05, 0) is 0 Å². The number of sulfonamides is 1. The fourth-order valence-electron chi connectivity index (χ4n) is 0.224. The van der Waals surface area contributed by atoms with Crippen LogP contribution < -0.4 is 5.14 Å². The summed E-state index contributed by atoms with van der Waals surface area (Å²) in [7, 11) is -4.32. The van der Waals surface area contributed by atoms with Gasteiger partial charge in [0.15, 0.2) is 0 Å². The Kier molecular flexibility index (Phi) is 2.49. The lowest BCUT2D eigenvalue weighted by atomic mass is 10.5. The number of hydrogen-bond donors (Lipinski definition) is 2. The minimum Gasteiger partial charge on any atom is -0.481 e. The third-order valence-corrected chi connectivity index (χ3v) is 1.39. The van der Waals surface area contributed by atoms with Crippen molar-refractivity contribution in [2.24, 2.45) is 5.14 Å². The smallest absolute Gasteiger partial charge is 0.312 e. The summed E-state index contributed by atoms with van der Waals surface area (Å²) in [6, 6.07) is 0. The Morgan fingerprint density at radius 2 is 1.80 bits per heavy atom. The van der Waals surface area contributed by atoms with Crippen molar-refractivity contribution < 1.29 is 23.1 Å². The molecule has 0 aromatic carbocycles. The van der Waals surface area contributed by atoms with Crippen LogP contribution in [-0.2, 0) is 19.6 Å². The molecule has 6 nitrogen and oxygen atoms in total. The molecule has 0 heterocycles. The van der Waals surface area contributed by atoms with Gasteiger partial charge < -0.3 is 5.11 Å². The maximum Gasteiger partial charge on any atom is 0.312 e. The second-order valence-corrected chi connectivity index (χ2v) is 3.03. The molecule has 0 radical (unpaired) electrons. The van der Waals surface area contributed by atoms with E-state index in [4.69, 9.17) is 5.11 Å². The first-order valence-corrected chi connectivity index (χ1v) is 3.66. The molecule has 0 aromatic rings. The van der Waals surface area contributed by atoms with Gasteiger partial charge in [-0.1, -0.05) is 0 Å². The average molecular weight is 167 g/mol. The van der Waals surface area contributed by atoms with E-state index in [2.05, 4.69) is 5.14 Å². The van der Waals surface area contributed by atoms with Gasteiger partial charge in [0.1, 0.15) is 6.42 Å². The average Bonchev–Trinajstić information content (AvgIpc) is 1.60. The van der Waals surface area contributed by atoms with Gasteiger partial charge in [-0.3, -0.25) is 9.59 Å². The molecule has 7 heteroatoms. The molecule has 0 aromatic heterocycles. The van der Waals surface area contributed by atoms with Gasteiger partial charge in [-0.25, -0.2) is 13.6 Å². The molecule has 0 saturated heterocycles. The molecule has 0 rings (SSSR count). The van der Waals surface area contributed by atoms with Crippen LogP contribution in [0.5, 0.6) is 0 Å². The van der Waals surface area contributed by atoms with Crippen LogP contribution in [0.2, 0.25) is 0 Å². The highest BCUT2D eigenvalue weighted by Gasteiger charge is 2.19. The molecule has 0 unspecified atom stereocenters.